The van der Waals surface area contributed by atoms with E-state index < -0.39 is 0 Å². The molecule has 0 unspecified atom stereocenters. The normalized spacial score (nSPS) is 11.0. The summed E-state index contributed by atoms with van der Waals surface area (Å²) in [5.74, 6) is 1.32. The Morgan fingerprint density at radius 2 is 2.04 bits per heavy atom. The van der Waals surface area contributed by atoms with Crippen molar-refractivity contribution in [2.45, 2.75) is 39.7 Å². The molecule has 6 nitrogen and oxygen atoms in total. The molecule has 1 aromatic carbocycles. The zero-order chi connectivity index (χ0) is 17.8. The highest BCUT2D eigenvalue weighted by Gasteiger charge is 2.17. The number of benzene rings is 1. The molecule has 130 valence electrons. The molecule has 0 bridgehead atoms. The first kappa shape index (κ1) is 17.0. The molecule has 0 spiro atoms. The first-order valence-corrected chi connectivity index (χ1v) is 8.45. The maximum absolute atomic E-state index is 12.5. The van der Waals surface area contributed by atoms with E-state index in [-0.39, 0.29) is 11.8 Å². The second-order valence-corrected chi connectivity index (χ2v) is 6.11. The summed E-state index contributed by atoms with van der Waals surface area (Å²) in [6.45, 7) is 6.43. The molecule has 0 aliphatic carbocycles. The fourth-order valence-corrected chi connectivity index (χ4v) is 2.54. The zero-order valence-corrected chi connectivity index (χ0v) is 14.7. The topological polar surface area (TPSA) is 73.0 Å². The maximum atomic E-state index is 12.5. The molecule has 0 aliphatic heterocycles. The summed E-state index contributed by atoms with van der Waals surface area (Å²) < 4.78 is 7.33. The van der Waals surface area contributed by atoms with Crippen LogP contribution in [0.15, 0.2) is 47.0 Å². The van der Waals surface area contributed by atoms with Crippen molar-refractivity contribution in [1.29, 1.82) is 0 Å². The smallest absolute Gasteiger partial charge is 0.272 e. The minimum atomic E-state index is -0.231. The van der Waals surface area contributed by atoms with Crippen molar-refractivity contribution < 1.29 is 9.21 Å². The van der Waals surface area contributed by atoms with Gasteiger partial charge in [-0.05, 0) is 24.1 Å². The van der Waals surface area contributed by atoms with Crippen LogP contribution in [0.1, 0.15) is 54.5 Å². The molecule has 1 amide bonds. The lowest BCUT2D eigenvalue weighted by atomic mass is 10.1. The first-order valence-electron chi connectivity index (χ1n) is 8.45. The summed E-state index contributed by atoms with van der Waals surface area (Å²) in [7, 11) is 0. The van der Waals surface area contributed by atoms with E-state index in [1.54, 1.807) is 6.20 Å². The zero-order valence-electron chi connectivity index (χ0n) is 14.7. The molecule has 0 saturated heterocycles. The minimum absolute atomic E-state index is 0.231. The Bertz CT molecular complexity index is 849. The third-order valence-electron chi connectivity index (χ3n) is 3.89. The van der Waals surface area contributed by atoms with Gasteiger partial charge in [-0.2, -0.15) is 5.10 Å². The van der Waals surface area contributed by atoms with Gasteiger partial charge in [-0.1, -0.05) is 39.0 Å². The number of hydrogen-bond acceptors (Lipinski definition) is 4. The predicted octanol–water partition coefficient (Wildman–Crippen LogP) is 3.48. The average molecular weight is 338 g/mol. The highest BCUT2D eigenvalue weighted by Crippen LogP contribution is 2.20. The fourth-order valence-electron chi connectivity index (χ4n) is 2.54. The molecule has 0 atom stereocenters. The van der Waals surface area contributed by atoms with Gasteiger partial charge in [0.2, 0.25) is 0 Å². The average Bonchev–Trinajstić information content (AvgIpc) is 3.27. The molecule has 3 aromatic rings. The SMILES string of the molecule is CCc1ncc(CNC(=O)c2cc(C(C)C)n(-c3ccccc3)n2)o1. The van der Waals surface area contributed by atoms with Crippen LogP contribution < -0.4 is 5.32 Å². The van der Waals surface area contributed by atoms with E-state index in [9.17, 15) is 4.79 Å². The standard InChI is InChI=1S/C19H22N4O2/c1-4-18-20-11-15(25-18)12-21-19(24)16-10-17(13(2)3)23(22-16)14-8-6-5-7-9-14/h5-11,13H,4,12H2,1-3H3,(H,21,24). The molecule has 0 radical (unpaired) electrons. The van der Waals surface area contributed by atoms with Crippen LogP contribution in [-0.2, 0) is 13.0 Å². The van der Waals surface area contributed by atoms with Crippen molar-refractivity contribution in [3.05, 3.63) is 65.6 Å². The monoisotopic (exact) mass is 338 g/mol. The summed E-state index contributed by atoms with van der Waals surface area (Å²) in [6.07, 6.45) is 2.37. The summed E-state index contributed by atoms with van der Waals surface area (Å²) in [4.78, 5) is 16.6. The van der Waals surface area contributed by atoms with Gasteiger partial charge in [0.15, 0.2) is 11.6 Å². The van der Waals surface area contributed by atoms with Crippen molar-refractivity contribution in [2.75, 3.05) is 0 Å². The molecular formula is C19H22N4O2. The van der Waals surface area contributed by atoms with Crippen molar-refractivity contribution in [2.24, 2.45) is 0 Å². The van der Waals surface area contributed by atoms with Gasteiger partial charge in [0.25, 0.3) is 5.91 Å². The van der Waals surface area contributed by atoms with Crippen LogP contribution in [0, 0.1) is 0 Å². The van der Waals surface area contributed by atoms with E-state index in [0.29, 0.717) is 23.9 Å². The Labute approximate surface area is 146 Å². The summed E-state index contributed by atoms with van der Waals surface area (Å²) >= 11 is 0. The molecule has 2 heterocycles. The van der Waals surface area contributed by atoms with Crippen molar-refractivity contribution >= 4 is 5.91 Å². The second kappa shape index (κ2) is 7.34. The van der Waals surface area contributed by atoms with Gasteiger partial charge in [0.05, 0.1) is 18.4 Å². The number of oxazole rings is 1. The minimum Gasteiger partial charge on any atom is -0.444 e. The van der Waals surface area contributed by atoms with Crippen LogP contribution in [0.4, 0.5) is 0 Å². The fraction of sp³-hybridized carbons (Fsp3) is 0.316. The van der Waals surface area contributed by atoms with Gasteiger partial charge in [-0.15, -0.1) is 0 Å². The Hall–Kier alpha value is -2.89. The highest BCUT2D eigenvalue weighted by atomic mass is 16.4. The van der Waals surface area contributed by atoms with E-state index >= 15 is 0 Å². The Morgan fingerprint density at radius 1 is 1.28 bits per heavy atom. The summed E-state index contributed by atoms with van der Waals surface area (Å²) in [6, 6.07) is 11.7. The lowest BCUT2D eigenvalue weighted by Crippen LogP contribution is -2.23. The molecule has 0 aliphatic rings. The summed E-state index contributed by atoms with van der Waals surface area (Å²) in [5.41, 5.74) is 2.32. The molecule has 1 N–H and O–H groups in total. The molecule has 6 heteroatoms. The van der Waals surface area contributed by atoms with Gasteiger partial charge in [-0.25, -0.2) is 9.67 Å². The number of aromatic nitrogens is 3. The number of carbonyl (C=O) groups excluding carboxylic acids is 1. The Kier molecular flexibility index (Phi) is 4.97. The van der Waals surface area contributed by atoms with Gasteiger partial charge in [0.1, 0.15) is 5.76 Å². The number of carbonyl (C=O) groups is 1. The van der Waals surface area contributed by atoms with Crippen molar-refractivity contribution in [3.8, 4) is 5.69 Å². The Balaban J connectivity index is 1.78. The van der Waals surface area contributed by atoms with Crippen LogP contribution in [-0.4, -0.2) is 20.7 Å². The van der Waals surface area contributed by atoms with Crippen LogP contribution in [0.2, 0.25) is 0 Å². The van der Waals surface area contributed by atoms with Crippen LogP contribution in [0.25, 0.3) is 5.69 Å². The second-order valence-electron chi connectivity index (χ2n) is 6.11. The number of nitrogens with one attached hydrogen (secondary N) is 1. The van der Waals surface area contributed by atoms with Gasteiger partial charge < -0.3 is 9.73 Å². The molecule has 3 rings (SSSR count). The lowest BCUT2D eigenvalue weighted by Gasteiger charge is -2.09. The lowest BCUT2D eigenvalue weighted by molar-refractivity contribution is 0.0942. The Morgan fingerprint density at radius 3 is 2.68 bits per heavy atom. The van der Waals surface area contributed by atoms with Crippen LogP contribution >= 0.6 is 0 Å². The molecule has 2 aromatic heterocycles. The van der Waals surface area contributed by atoms with Gasteiger partial charge >= 0.3 is 0 Å². The van der Waals surface area contributed by atoms with E-state index in [1.165, 1.54) is 0 Å². The number of hydrogen-bond donors (Lipinski definition) is 1. The number of aryl methyl sites for hydroxylation is 1. The van der Waals surface area contributed by atoms with Crippen LogP contribution in [0.5, 0.6) is 0 Å². The van der Waals surface area contributed by atoms with E-state index in [1.807, 2.05) is 48.0 Å². The number of rotatable bonds is 6. The molecular weight excluding hydrogens is 316 g/mol. The molecule has 25 heavy (non-hydrogen) atoms. The summed E-state index contributed by atoms with van der Waals surface area (Å²) in [5, 5.41) is 7.33. The highest BCUT2D eigenvalue weighted by molar-refractivity contribution is 5.92. The third-order valence-corrected chi connectivity index (χ3v) is 3.89. The van der Waals surface area contributed by atoms with Crippen LogP contribution in [0.3, 0.4) is 0 Å². The van der Waals surface area contributed by atoms with Gasteiger partial charge in [-0.3, -0.25) is 4.79 Å². The number of para-hydroxylation sites is 1. The quantitative estimate of drug-likeness (QED) is 0.747. The largest absolute Gasteiger partial charge is 0.444 e. The number of nitrogens with zero attached hydrogens (tertiary/aromatic N) is 3. The van der Waals surface area contributed by atoms with Crippen molar-refractivity contribution in [3.63, 3.8) is 0 Å². The third kappa shape index (κ3) is 3.79. The van der Waals surface area contributed by atoms with E-state index in [2.05, 4.69) is 29.2 Å². The van der Waals surface area contributed by atoms with E-state index in [0.717, 1.165) is 17.8 Å². The maximum Gasteiger partial charge on any atom is 0.272 e. The first-order chi connectivity index (χ1) is 12.1. The number of amides is 1. The van der Waals surface area contributed by atoms with E-state index in [4.69, 9.17) is 4.42 Å². The molecule has 0 saturated carbocycles. The van der Waals surface area contributed by atoms with Gasteiger partial charge in [0, 0.05) is 12.1 Å². The predicted molar refractivity (Wildman–Crippen MR) is 94.7 cm³/mol. The van der Waals surface area contributed by atoms with Crippen molar-refractivity contribution in [1.82, 2.24) is 20.1 Å². The molecule has 0 fully saturated rings.